The second-order valence-electron chi connectivity index (χ2n) is 9.24. The summed E-state index contributed by atoms with van der Waals surface area (Å²) in [5.74, 6) is -0.826. The molecule has 0 aromatic heterocycles. The Hall–Kier alpha value is -4.88. The van der Waals surface area contributed by atoms with Crippen molar-refractivity contribution in [3.8, 4) is 0 Å². The minimum atomic E-state index is -0.563. The number of esters is 1. The summed E-state index contributed by atoms with van der Waals surface area (Å²) in [6.45, 7) is 2.05. The van der Waals surface area contributed by atoms with Gasteiger partial charge in [-0.2, -0.15) is 0 Å². The van der Waals surface area contributed by atoms with Crippen LogP contribution in [0.2, 0.25) is 0 Å². The quantitative estimate of drug-likeness (QED) is 0.142. The van der Waals surface area contributed by atoms with Crippen molar-refractivity contribution >= 4 is 51.7 Å². The molecule has 0 bridgehead atoms. The highest BCUT2D eigenvalue weighted by Crippen LogP contribution is 2.37. The van der Waals surface area contributed by atoms with Gasteiger partial charge in [0, 0.05) is 21.8 Å². The van der Waals surface area contributed by atoms with E-state index in [1.807, 2.05) is 97.1 Å². The molecule has 0 aliphatic heterocycles. The summed E-state index contributed by atoms with van der Waals surface area (Å²) in [7, 11) is 0. The number of carbonyl (C=O) groups is 3. The highest BCUT2D eigenvalue weighted by Gasteiger charge is 2.23. The number of amides is 2. The monoisotopic (exact) mass is 560 g/mol. The Bertz CT molecular complexity index is 1690. The van der Waals surface area contributed by atoms with Gasteiger partial charge in [0.05, 0.1) is 12.2 Å². The molecule has 41 heavy (non-hydrogen) atoms. The number of ether oxygens (including phenoxy) is 1. The van der Waals surface area contributed by atoms with Gasteiger partial charge in [0.15, 0.2) is 0 Å². The van der Waals surface area contributed by atoms with E-state index in [-0.39, 0.29) is 11.8 Å². The van der Waals surface area contributed by atoms with Crippen LogP contribution in [-0.2, 0) is 9.53 Å². The van der Waals surface area contributed by atoms with Crippen LogP contribution in [0.3, 0.4) is 0 Å². The molecule has 5 aromatic rings. The fourth-order valence-corrected chi connectivity index (χ4v) is 5.41. The number of thioether (sulfide) groups is 1. The molecule has 0 fully saturated rings. The second kappa shape index (κ2) is 13.0. The van der Waals surface area contributed by atoms with Crippen molar-refractivity contribution < 1.29 is 19.1 Å². The van der Waals surface area contributed by atoms with Crippen molar-refractivity contribution in [3.63, 3.8) is 0 Å². The molecule has 0 radical (unpaired) electrons. The molecule has 0 heterocycles. The van der Waals surface area contributed by atoms with Gasteiger partial charge in [0.25, 0.3) is 5.91 Å². The third-order valence-corrected chi connectivity index (χ3v) is 7.61. The summed E-state index contributed by atoms with van der Waals surface area (Å²) in [6.07, 6.45) is 0. The summed E-state index contributed by atoms with van der Waals surface area (Å²) in [4.78, 5) is 39.3. The number of nitrogens with one attached hydrogen (secondary N) is 2. The minimum absolute atomic E-state index is 0.207. The van der Waals surface area contributed by atoms with Crippen LogP contribution >= 0.6 is 11.8 Å². The molecular formula is C34H28N2O4S. The zero-order chi connectivity index (χ0) is 28.6. The topological polar surface area (TPSA) is 84.5 Å². The van der Waals surface area contributed by atoms with Gasteiger partial charge in [0.2, 0.25) is 5.91 Å². The van der Waals surface area contributed by atoms with Gasteiger partial charge in [-0.05, 0) is 77.9 Å². The highest BCUT2D eigenvalue weighted by molar-refractivity contribution is 8.00. The van der Waals surface area contributed by atoms with Gasteiger partial charge in [-0.25, -0.2) is 4.79 Å². The van der Waals surface area contributed by atoms with Crippen LogP contribution in [0.1, 0.15) is 38.5 Å². The number of anilines is 2. The van der Waals surface area contributed by atoms with E-state index in [1.165, 1.54) is 11.8 Å². The Labute approximate surface area is 242 Å². The van der Waals surface area contributed by atoms with Gasteiger partial charge in [-0.1, -0.05) is 66.7 Å². The highest BCUT2D eigenvalue weighted by atomic mass is 32.2. The summed E-state index contributed by atoms with van der Waals surface area (Å²) >= 11 is 1.39. The molecule has 5 rings (SSSR count). The Morgan fingerprint density at radius 1 is 0.683 bits per heavy atom. The summed E-state index contributed by atoms with van der Waals surface area (Å²) < 4.78 is 5.03. The standard InChI is InChI=1S/C34H28N2O4S/c1-2-40-34(39)25-17-19-28(20-18-25)35-33(38)31(24-10-4-3-5-11-24)41-30-14-8-13-29(22-30)36-32(37)27-16-15-23-9-6-7-12-26(23)21-27/h3-22,31H,2H2,1H3,(H,35,38)(H,36,37). The van der Waals surface area contributed by atoms with Gasteiger partial charge >= 0.3 is 5.97 Å². The van der Waals surface area contributed by atoms with Crippen molar-refractivity contribution in [2.45, 2.75) is 17.1 Å². The predicted octanol–water partition coefficient (Wildman–Crippen LogP) is 7.74. The third-order valence-electron chi connectivity index (χ3n) is 6.36. The predicted molar refractivity (Wildman–Crippen MR) is 164 cm³/mol. The fourth-order valence-electron chi connectivity index (χ4n) is 4.33. The molecule has 0 spiro atoms. The lowest BCUT2D eigenvalue weighted by Gasteiger charge is -2.18. The molecule has 6 nitrogen and oxygen atoms in total. The van der Waals surface area contributed by atoms with Gasteiger partial charge in [0.1, 0.15) is 5.25 Å². The van der Waals surface area contributed by atoms with Crippen molar-refractivity contribution in [3.05, 3.63) is 138 Å². The molecule has 0 aliphatic carbocycles. The van der Waals surface area contributed by atoms with Gasteiger partial charge < -0.3 is 15.4 Å². The molecule has 1 atom stereocenters. The normalized spacial score (nSPS) is 11.4. The van der Waals surface area contributed by atoms with Crippen molar-refractivity contribution in [1.29, 1.82) is 0 Å². The number of benzene rings is 5. The van der Waals surface area contributed by atoms with Crippen LogP contribution in [0.15, 0.2) is 126 Å². The molecular weight excluding hydrogens is 532 g/mol. The zero-order valence-corrected chi connectivity index (χ0v) is 23.2. The summed E-state index contributed by atoms with van der Waals surface area (Å²) in [6, 6.07) is 37.1. The largest absolute Gasteiger partial charge is 0.462 e. The van der Waals surface area contributed by atoms with Gasteiger partial charge in [-0.15, -0.1) is 11.8 Å². The van der Waals surface area contributed by atoms with E-state index in [0.29, 0.717) is 29.1 Å². The Balaban J connectivity index is 1.32. The number of rotatable bonds is 9. The number of fused-ring (bicyclic) bond motifs is 1. The van der Waals surface area contributed by atoms with E-state index < -0.39 is 11.2 Å². The second-order valence-corrected chi connectivity index (χ2v) is 10.4. The van der Waals surface area contributed by atoms with E-state index in [0.717, 1.165) is 21.2 Å². The molecule has 204 valence electrons. The molecule has 1 unspecified atom stereocenters. The maximum absolute atomic E-state index is 13.5. The van der Waals surface area contributed by atoms with E-state index in [4.69, 9.17) is 4.74 Å². The first kappa shape index (κ1) is 27.7. The molecule has 2 amide bonds. The van der Waals surface area contributed by atoms with E-state index in [1.54, 1.807) is 31.2 Å². The van der Waals surface area contributed by atoms with Crippen LogP contribution in [0.4, 0.5) is 11.4 Å². The maximum atomic E-state index is 13.5. The van der Waals surface area contributed by atoms with E-state index >= 15 is 0 Å². The third kappa shape index (κ3) is 7.01. The molecule has 0 saturated heterocycles. The molecule has 0 aliphatic rings. The average Bonchev–Trinajstić information content (AvgIpc) is 3.00. The molecule has 0 saturated carbocycles. The number of carbonyl (C=O) groups excluding carboxylic acids is 3. The Morgan fingerprint density at radius 2 is 1.39 bits per heavy atom. The first-order valence-electron chi connectivity index (χ1n) is 13.2. The average molecular weight is 561 g/mol. The fraction of sp³-hybridized carbons (Fsp3) is 0.0882. The summed E-state index contributed by atoms with van der Waals surface area (Å²) in [5.41, 5.74) is 3.03. The SMILES string of the molecule is CCOC(=O)c1ccc(NC(=O)C(Sc2cccc(NC(=O)c3ccc4ccccc4c3)c2)c2ccccc2)cc1. The smallest absolute Gasteiger partial charge is 0.338 e. The van der Waals surface area contributed by atoms with Crippen LogP contribution in [0.25, 0.3) is 10.8 Å². The first-order valence-corrected chi connectivity index (χ1v) is 14.1. The lowest BCUT2D eigenvalue weighted by molar-refractivity contribution is -0.115. The van der Waals surface area contributed by atoms with Crippen LogP contribution < -0.4 is 10.6 Å². The van der Waals surface area contributed by atoms with Crippen LogP contribution in [0.5, 0.6) is 0 Å². The maximum Gasteiger partial charge on any atom is 0.338 e. The lowest BCUT2D eigenvalue weighted by atomic mass is 10.1. The first-order chi connectivity index (χ1) is 20.0. The number of hydrogen-bond acceptors (Lipinski definition) is 5. The lowest BCUT2D eigenvalue weighted by Crippen LogP contribution is -2.19. The van der Waals surface area contributed by atoms with Crippen molar-refractivity contribution in [2.24, 2.45) is 0 Å². The Kier molecular flexibility index (Phi) is 8.76. The van der Waals surface area contributed by atoms with Crippen LogP contribution in [-0.4, -0.2) is 24.4 Å². The van der Waals surface area contributed by atoms with E-state index in [2.05, 4.69) is 10.6 Å². The zero-order valence-electron chi connectivity index (χ0n) is 22.4. The molecule has 5 aromatic carbocycles. The Morgan fingerprint density at radius 3 is 2.15 bits per heavy atom. The van der Waals surface area contributed by atoms with E-state index in [9.17, 15) is 14.4 Å². The van der Waals surface area contributed by atoms with Crippen LogP contribution in [0, 0.1) is 0 Å². The van der Waals surface area contributed by atoms with Gasteiger partial charge in [-0.3, -0.25) is 9.59 Å². The summed E-state index contributed by atoms with van der Waals surface area (Å²) in [5, 5.41) is 7.44. The van der Waals surface area contributed by atoms with Crippen molar-refractivity contribution in [1.82, 2.24) is 0 Å². The molecule has 2 N–H and O–H groups in total. The van der Waals surface area contributed by atoms with Crippen molar-refractivity contribution in [2.75, 3.05) is 17.2 Å². The molecule has 7 heteroatoms. The minimum Gasteiger partial charge on any atom is -0.462 e. The number of hydrogen-bond donors (Lipinski definition) is 2.